The number of benzene rings is 2. The molecule has 3 aromatic rings. The molecule has 2 heterocycles. The lowest BCUT2D eigenvalue weighted by Crippen LogP contribution is -2.19. The lowest BCUT2D eigenvalue weighted by molar-refractivity contribution is 0.346. The highest BCUT2D eigenvalue weighted by Crippen LogP contribution is 2.32. The predicted octanol–water partition coefficient (Wildman–Crippen LogP) is 5.98. The van der Waals surface area contributed by atoms with Gasteiger partial charge in [-0.2, -0.15) is 0 Å². The number of hydrogen-bond acceptors (Lipinski definition) is 3. The van der Waals surface area contributed by atoms with Gasteiger partial charge in [0.05, 0.1) is 0 Å². The van der Waals surface area contributed by atoms with Gasteiger partial charge in [-0.3, -0.25) is 0 Å². The standard InChI is InChI=1S/C25H28N2O/c1(2-10-18-27-19-11-12-20-27)9-17-23-26-24(21-13-5-3-6-14-21)25(28-23)22-15-7-4-8-16-22/h1-8,13-16H,9-12,17-20H2. The molecule has 3 nitrogen and oxygen atoms in total. The second kappa shape index (κ2) is 9.52. The molecule has 1 aliphatic rings. The molecule has 0 spiro atoms. The van der Waals surface area contributed by atoms with E-state index < -0.39 is 0 Å². The summed E-state index contributed by atoms with van der Waals surface area (Å²) in [6.07, 6.45) is 10.2. The van der Waals surface area contributed by atoms with Gasteiger partial charge in [0, 0.05) is 24.1 Å². The van der Waals surface area contributed by atoms with E-state index >= 15 is 0 Å². The van der Waals surface area contributed by atoms with Crippen LogP contribution in [0.2, 0.25) is 0 Å². The Bertz CT molecular complexity index is 820. The van der Waals surface area contributed by atoms with Crippen LogP contribution in [0.3, 0.4) is 0 Å². The summed E-state index contributed by atoms with van der Waals surface area (Å²) in [5.74, 6) is 1.67. The molecule has 0 radical (unpaired) electrons. The summed E-state index contributed by atoms with van der Waals surface area (Å²) < 4.78 is 6.19. The summed E-state index contributed by atoms with van der Waals surface area (Å²) in [6, 6.07) is 20.5. The van der Waals surface area contributed by atoms with Crippen LogP contribution >= 0.6 is 0 Å². The zero-order valence-corrected chi connectivity index (χ0v) is 16.4. The van der Waals surface area contributed by atoms with Crippen LogP contribution in [-0.4, -0.2) is 29.5 Å². The summed E-state index contributed by atoms with van der Waals surface area (Å²) in [4.78, 5) is 7.38. The Balaban J connectivity index is 1.42. The average molecular weight is 373 g/mol. The second-order valence-electron chi connectivity index (χ2n) is 7.36. The third kappa shape index (κ3) is 4.79. The Kier molecular flexibility index (Phi) is 6.36. The number of hydrogen-bond donors (Lipinski definition) is 0. The monoisotopic (exact) mass is 372 g/mol. The van der Waals surface area contributed by atoms with E-state index in [4.69, 9.17) is 9.40 Å². The molecule has 0 N–H and O–H groups in total. The van der Waals surface area contributed by atoms with Crippen molar-refractivity contribution in [3.63, 3.8) is 0 Å². The number of nitrogens with zero attached hydrogens (tertiary/aromatic N) is 2. The van der Waals surface area contributed by atoms with Crippen LogP contribution in [0.1, 0.15) is 31.6 Å². The SMILES string of the molecule is C(=CCCN1CCCC1)CCc1nc(-c2ccccc2)c(-c2ccccc2)o1. The molecular weight excluding hydrogens is 344 g/mol. The van der Waals surface area contributed by atoms with Crippen molar-refractivity contribution >= 4 is 0 Å². The molecule has 0 saturated carbocycles. The minimum Gasteiger partial charge on any atom is -0.440 e. The fraction of sp³-hybridized carbons (Fsp3) is 0.320. The molecule has 1 aromatic heterocycles. The molecule has 1 saturated heterocycles. The van der Waals surface area contributed by atoms with Crippen LogP contribution < -0.4 is 0 Å². The first-order valence-electron chi connectivity index (χ1n) is 10.4. The first kappa shape index (κ1) is 18.7. The minimum atomic E-state index is 0.807. The number of allylic oxidation sites excluding steroid dienone is 1. The van der Waals surface area contributed by atoms with E-state index in [2.05, 4.69) is 41.3 Å². The van der Waals surface area contributed by atoms with Crippen LogP contribution in [0.25, 0.3) is 22.6 Å². The molecule has 144 valence electrons. The van der Waals surface area contributed by atoms with Gasteiger partial charge in [0.15, 0.2) is 11.7 Å². The van der Waals surface area contributed by atoms with Crippen molar-refractivity contribution in [2.24, 2.45) is 0 Å². The molecule has 3 heteroatoms. The van der Waals surface area contributed by atoms with Gasteiger partial charge in [-0.15, -0.1) is 0 Å². The van der Waals surface area contributed by atoms with Gasteiger partial charge in [-0.25, -0.2) is 4.98 Å². The molecule has 1 aliphatic heterocycles. The molecule has 0 atom stereocenters. The summed E-state index contributed by atoms with van der Waals surface area (Å²) >= 11 is 0. The summed E-state index contributed by atoms with van der Waals surface area (Å²) in [5, 5.41) is 0. The van der Waals surface area contributed by atoms with E-state index in [-0.39, 0.29) is 0 Å². The number of rotatable bonds is 8. The molecule has 28 heavy (non-hydrogen) atoms. The molecule has 2 aromatic carbocycles. The first-order valence-corrected chi connectivity index (χ1v) is 10.4. The number of likely N-dealkylation sites (tertiary alicyclic amines) is 1. The van der Waals surface area contributed by atoms with Gasteiger partial charge in [-0.05, 0) is 38.8 Å². The Morgan fingerprint density at radius 2 is 1.46 bits per heavy atom. The smallest absolute Gasteiger partial charge is 0.195 e. The van der Waals surface area contributed by atoms with Gasteiger partial charge in [0.2, 0.25) is 0 Å². The van der Waals surface area contributed by atoms with Crippen LogP contribution in [0.15, 0.2) is 77.2 Å². The fourth-order valence-electron chi connectivity index (χ4n) is 3.75. The molecule has 0 amide bonds. The summed E-state index contributed by atoms with van der Waals surface area (Å²) in [6.45, 7) is 3.73. The van der Waals surface area contributed by atoms with E-state index in [0.29, 0.717) is 0 Å². The first-order chi connectivity index (χ1) is 13.9. The van der Waals surface area contributed by atoms with Gasteiger partial charge in [-0.1, -0.05) is 72.8 Å². The van der Waals surface area contributed by atoms with Gasteiger partial charge < -0.3 is 9.32 Å². The second-order valence-corrected chi connectivity index (χ2v) is 7.36. The normalized spacial score (nSPS) is 14.9. The highest BCUT2D eigenvalue weighted by molar-refractivity contribution is 5.76. The Labute approximate surface area is 167 Å². The van der Waals surface area contributed by atoms with Crippen LogP contribution in [0.5, 0.6) is 0 Å². The fourth-order valence-corrected chi connectivity index (χ4v) is 3.75. The zero-order valence-electron chi connectivity index (χ0n) is 16.4. The Morgan fingerprint density at radius 3 is 2.18 bits per heavy atom. The van der Waals surface area contributed by atoms with E-state index in [0.717, 1.165) is 47.7 Å². The molecule has 4 rings (SSSR count). The summed E-state index contributed by atoms with van der Waals surface area (Å²) in [7, 11) is 0. The highest BCUT2D eigenvalue weighted by Gasteiger charge is 2.16. The maximum atomic E-state index is 6.19. The Hall–Kier alpha value is -2.65. The van der Waals surface area contributed by atoms with E-state index in [1.807, 2.05) is 36.4 Å². The van der Waals surface area contributed by atoms with Gasteiger partial charge >= 0.3 is 0 Å². The van der Waals surface area contributed by atoms with Crippen molar-refractivity contribution in [3.05, 3.63) is 78.7 Å². The molecular formula is C25H28N2O. The summed E-state index contributed by atoms with van der Waals surface area (Å²) in [5.41, 5.74) is 3.10. The topological polar surface area (TPSA) is 29.3 Å². The molecule has 0 aliphatic carbocycles. The van der Waals surface area contributed by atoms with Crippen LogP contribution in [0.4, 0.5) is 0 Å². The predicted molar refractivity (Wildman–Crippen MR) is 115 cm³/mol. The van der Waals surface area contributed by atoms with Crippen molar-refractivity contribution in [1.82, 2.24) is 9.88 Å². The largest absolute Gasteiger partial charge is 0.440 e. The zero-order chi connectivity index (χ0) is 19.0. The van der Waals surface area contributed by atoms with Crippen molar-refractivity contribution in [2.45, 2.75) is 32.1 Å². The molecule has 0 bridgehead atoms. The van der Waals surface area contributed by atoms with Crippen molar-refractivity contribution in [2.75, 3.05) is 19.6 Å². The van der Waals surface area contributed by atoms with Gasteiger partial charge in [0.1, 0.15) is 5.69 Å². The lowest BCUT2D eigenvalue weighted by atomic mass is 10.1. The minimum absolute atomic E-state index is 0.807. The van der Waals surface area contributed by atoms with Gasteiger partial charge in [0.25, 0.3) is 0 Å². The number of aromatic nitrogens is 1. The molecule has 0 unspecified atom stereocenters. The van der Waals surface area contributed by atoms with E-state index in [1.54, 1.807) is 0 Å². The maximum Gasteiger partial charge on any atom is 0.195 e. The van der Waals surface area contributed by atoms with Crippen LogP contribution in [-0.2, 0) is 6.42 Å². The van der Waals surface area contributed by atoms with Crippen molar-refractivity contribution in [1.29, 1.82) is 0 Å². The van der Waals surface area contributed by atoms with Crippen molar-refractivity contribution in [3.8, 4) is 22.6 Å². The third-order valence-electron chi connectivity index (χ3n) is 5.26. The number of aryl methyl sites for hydroxylation is 1. The quantitative estimate of drug-likeness (QED) is 0.455. The van der Waals surface area contributed by atoms with Crippen molar-refractivity contribution < 1.29 is 4.42 Å². The lowest BCUT2D eigenvalue weighted by Gasteiger charge is -2.11. The number of oxazole rings is 1. The third-order valence-corrected chi connectivity index (χ3v) is 5.26. The van der Waals surface area contributed by atoms with E-state index in [1.165, 1.54) is 32.5 Å². The Morgan fingerprint density at radius 1 is 0.821 bits per heavy atom. The highest BCUT2D eigenvalue weighted by atomic mass is 16.4. The van der Waals surface area contributed by atoms with E-state index in [9.17, 15) is 0 Å². The van der Waals surface area contributed by atoms with Crippen LogP contribution in [0, 0.1) is 0 Å². The maximum absolute atomic E-state index is 6.19. The average Bonchev–Trinajstić information content (AvgIpc) is 3.42. The molecule has 1 fully saturated rings.